The number of nitrogens with one attached hydrogen (secondary N) is 1. The van der Waals surface area contributed by atoms with E-state index in [0.29, 0.717) is 12.1 Å². The SMILES string of the molecule is CN=C(NCCCN(C(C)C)C(C)C)N1CCN(Cc2cc(C)on2)CC1. The highest BCUT2D eigenvalue weighted by atomic mass is 16.5. The number of nitrogens with zero attached hydrogens (tertiary/aromatic N) is 5. The second kappa shape index (κ2) is 10.7. The topological polar surface area (TPSA) is 60.1 Å². The average Bonchev–Trinajstić information content (AvgIpc) is 3.03. The van der Waals surface area contributed by atoms with Crippen LogP contribution in [0.15, 0.2) is 15.6 Å². The van der Waals surface area contributed by atoms with E-state index in [1.165, 1.54) is 0 Å². The Kier molecular flexibility index (Phi) is 8.57. The van der Waals surface area contributed by atoms with Gasteiger partial charge in [-0.25, -0.2) is 0 Å². The summed E-state index contributed by atoms with van der Waals surface area (Å²) in [7, 11) is 1.88. The van der Waals surface area contributed by atoms with Crippen molar-refractivity contribution in [3.63, 3.8) is 0 Å². The monoisotopic (exact) mass is 378 g/mol. The van der Waals surface area contributed by atoms with E-state index in [1.807, 2.05) is 20.0 Å². The molecule has 1 fully saturated rings. The van der Waals surface area contributed by atoms with Crippen LogP contribution in [0.3, 0.4) is 0 Å². The first-order valence-corrected chi connectivity index (χ1v) is 10.3. The molecule has 0 spiro atoms. The Bertz CT molecular complexity index is 567. The van der Waals surface area contributed by atoms with Gasteiger partial charge in [0.05, 0.1) is 5.69 Å². The van der Waals surface area contributed by atoms with Crippen LogP contribution in [0.1, 0.15) is 45.6 Å². The summed E-state index contributed by atoms with van der Waals surface area (Å²) in [4.78, 5) is 11.8. The molecule has 2 rings (SSSR count). The van der Waals surface area contributed by atoms with Gasteiger partial charge in [0.1, 0.15) is 5.76 Å². The summed E-state index contributed by atoms with van der Waals surface area (Å²) in [5.74, 6) is 1.90. The number of hydrogen-bond donors (Lipinski definition) is 1. The zero-order valence-corrected chi connectivity index (χ0v) is 18.0. The fourth-order valence-corrected chi connectivity index (χ4v) is 3.75. The van der Waals surface area contributed by atoms with Crippen molar-refractivity contribution in [1.82, 2.24) is 25.2 Å². The summed E-state index contributed by atoms with van der Waals surface area (Å²) in [5.41, 5.74) is 1.02. The molecule has 1 aromatic rings. The highest BCUT2D eigenvalue weighted by molar-refractivity contribution is 5.79. The Morgan fingerprint density at radius 3 is 2.41 bits per heavy atom. The quantitative estimate of drug-likeness (QED) is 0.425. The smallest absolute Gasteiger partial charge is 0.193 e. The van der Waals surface area contributed by atoms with Crippen molar-refractivity contribution >= 4 is 5.96 Å². The molecule has 0 bridgehead atoms. The third-order valence-corrected chi connectivity index (χ3v) is 5.15. The van der Waals surface area contributed by atoms with Crippen LogP contribution >= 0.6 is 0 Å². The molecule has 27 heavy (non-hydrogen) atoms. The van der Waals surface area contributed by atoms with Gasteiger partial charge in [-0.05, 0) is 41.0 Å². The van der Waals surface area contributed by atoms with E-state index in [4.69, 9.17) is 4.52 Å². The maximum absolute atomic E-state index is 5.16. The van der Waals surface area contributed by atoms with E-state index in [0.717, 1.165) is 69.6 Å². The first kappa shape index (κ1) is 21.7. The molecule has 1 aliphatic rings. The third-order valence-electron chi connectivity index (χ3n) is 5.15. The lowest BCUT2D eigenvalue weighted by atomic mass is 10.2. The second-order valence-electron chi connectivity index (χ2n) is 7.94. The maximum atomic E-state index is 5.16. The molecule has 1 aromatic heterocycles. The van der Waals surface area contributed by atoms with Gasteiger partial charge in [-0.15, -0.1) is 0 Å². The average molecular weight is 379 g/mol. The van der Waals surface area contributed by atoms with Crippen LogP contribution in [0.2, 0.25) is 0 Å². The number of aryl methyl sites for hydroxylation is 1. The predicted molar refractivity (Wildman–Crippen MR) is 111 cm³/mol. The first-order chi connectivity index (χ1) is 12.9. The Balaban J connectivity index is 1.70. The molecule has 1 N–H and O–H groups in total. The van der Waals surface area contributed by atoms with Crippen LogP contribution in [0.5, 0.6) is 0 Å². The lowest BCUT2D eigenvalue weighted by Crippen LogP contribution is -2.52. The van der Waals surface area contributed by atoms with Gasteiger partial charge in [-0.1, -0.05) is 5.16 Å². The van der Waals surface area contributed by atoms with Crippen molar-refractivity contribution in [2.24, 2.45) is 4.99 Å². The van der Waals surface area contributed by atoms with Crippen LogP contribution in [0, 0.1) is 6.92 Å². The minimum atomic E-state index is 0.589. The van der Waals surface area contributed by atoms with Gasteiger partial charge in [0.2, 0.25) is 0 Å². The van der Waals surface area contributed by atoms with Crippen LogP contribution in [0.25, 0.3) is 0 Å². The minimum absolute atomic E-state index is 0.589. The van der Waals surface area contributed by atoms with Crippen molar-refractivity contribution < 1.29 is 4.52 Å². The van der Waals surface area contributed by atoms with E-state index in [-0.39, 0.29) is 0 Å². The number of guanidine groups is 1. The summed E-state index contributed by atoms with van der Waals surface area (Å²) in [6, 6.07) is 3.20. The number of aromatic nitrogens is 1. The molecule has 1 saturated heterocycles. The van der Waals surface area contributed by atoms with Crippen LogP contribution in [0.4, 0.5) is 0 Å². The van der Waals surface area contributed by atoms with Gasteiger partial charge in [0.25, 0.3) is 0 Å². The normalized spacial score (nSPS) is 16.8. The molecule has 0 aliphatic carbocycles. The van der Waals surface area contributed by atoms with Gasteiger partial charge < -0.3 is 14.7 Å². The second-order valence-corrected chi connectivity index (χ2v) is 7.94. The van der Waals surface area contributed by atoms with Crippen LogP contribution < -0.4 is 5.32 Å². The maximum Gasteiger partial charge on any atom is 0.193 e. The van der Waals surface area contributed by atoms with Crippen LogP contribution in [-0.2, 0) is 6.54 Å². The molecule has 0 amide bonds. The van der Waals surface area contributed by atoms with E-state index in [1.54, 1.807) is 0 Å². The summed E-state index contributed by atoms with van der Waals surface area (Å²) in [6.45, 7) is 18.0. The number of rotatable bonds is 8. The lowest BCUT2D eigenvalue weighted by Gasteiger charge is -2.36. The Hall–Kier alpha value is -1.60. The van der Waals surface area contributed by atoms with E-state index in [2.05, 4.69) is 57.9 Å². The van der Waals surface area contributed by atoms with E-state index >= 15 is 0 Å². The highest BCUT2D eigenvalue weighted by Gasteiger charge is 2.20. The van der Waals surface area contributed by atoms with Gasteiger partial charge in [0.15, 0.2) is 5.96 Å². The number of aliphatic imine (C=N–C) groups is 1. The van der Waals surface area contributed by atoms with Crippen molar-refractivity contribution in [2.75, 3.05) is 46.3 Å². The van der Waals surface area contributed by atoms with Gasteiger partial charge >= 0.3 is 0 Å². The molecular weight excluding hydrogens is 340 g/mol. The summed E-state index contributed by atoms with van der Waals surface area (Å²) in [5, 5.41) is 7.64. The molecule has 0 unspecified atom stereocenters. The molecule has 154 valence electrons. The molecule has 7 nitrogen and oxygen atoms in total. The fraction of sp³-hybridized carbons (Fsp3) is 0.800. The summed E-state index contributed by atoms with van der Waals surface area (Å²) < 4.78 is 5.16. The summed E-state index contributed by atoms with van der Waals surface area (Å²) in [6.07, 6.45) is 1.13. The molecule has 0 radical (unpaired) electrons. The van der Waals surface area contributed by atoms with Crippen molar-refractivity contribution in [2.45, 2.75) is 59.7 Å². The molecular formula is C20H38N6O. The first-order valence-electron chi connectivity index (χ1n) is 10.3. The predicted octanol–water partition coefficient (Wildman–Crippen LogP) is 2.18. The highest BCUT2D eigenvalue weighted by Crippen LogP contribution is 2.09. The molecule has 0 saturated carbocycles. The molecule has 0 atom stereocenters. The van der Waals surface area contributed by atoms with Gasteiger partial charge in [-0.3, -0.25) is 14.8 Å². The van der Waals surface area contributed by atoms with Gasteiger partial charge in [0, 0.05) is 71.0 Å². The van der Waals surface area contributed by atoms with Crippen molar-refractivity contribution in [3.05, 3.63) is 17.5 Å². The molecule has 0 aromatic carbocycles. The largest absolute Gasteiger partial charge is 0.361 e. The zero-order chi connectivity index (χ0) is 19.8. The molecule has 7 heteroatoms. The molecule has 1 aliphatic heterocycles. The Morgan fingerprint density at radius 1 is 1.22 bits per heavy atom. The van der Waals surface area contributed by atoms with E-state index in [9.17, 15) is 0 Å². The fourth-order valence-electron chi connectivity index (χ4n) is 3.75. The van der Waals surface area contributed by atoms with Crippen molar-refractivity contribution in [1.29, 1.82) is 0 Å². The number of piperazine rings is 1. The number of hydrogen-bond acceptors (Lipinski definition) is 5. The zero-order valence-electron chi connectivity index (χ0n) is 18.0. The molecule has 2 heterocycles. The van der Waals surface area contributed by atoms with Crippen molar-refractivity contribution in [3.8, 4) is 0 Å². The van der Waals surface area contributed by atoms with Crippen LogP contribution in [-0.4, -0.2) is 84.2 Å². The Labute approximate surface area is 164 Å². The third kappa shape index (κ3) is 6.81. The standard InChI is InChI=1S/C20H38N6O/c1-16(2)26(17(3)4)9-7-8-22-20(21-6)25-12-10-24(11-13-25)15-19-14-18(5)27-23-19/h14,16-17H,7-13,15H2,1-6H3,(H,21,22). The summed E-state index contributed by atoms with van der Waals surface area (Å²) >= 11 is 0. The van der Waals surface area contributed by atoms with Gasteiger partial charge in [-0.2, -0.15) is 0 Å². The minimum Gasteiger partial charge on any atom is -0.361 e. The Morgan fingerprint density at radius 2 is 1.89 bits per heavy atom. The van der Waals surface area contributed by atoms with E-state index < -0.39 is 0 Å². The lowest BCUT2D eigenvalue weighted by molar-refractivity contribution is 0.166.